The van der Waals surface area contributed by atoms with Crippen molar-refractivity contribution >= 4 is 17.3 Å². The largest absolute Gasteiger partial charge is 0.278 e. The molecule has 0 atom stereocenters. The molecule has 0 spiro atoms. The first-order valence-corrected chi connectivity index (χ1v) is 10.5. The molecule has 0 fully saturated rings. The molecule has 1 amide bonds. The highest BCUT2D eigenvalue weighted by atomic mass is 16.2. The number of benzene rings is 4. The van der Waals surface area contributed by atoms with Crippen LogP contribution in [0.15, 0.2) is 122 Å². The SMILES string of the molecule is C=CC(=O)N(c1ccc(Cc2ccccc2)cc1)c1ccc(Cc2ccccc2)cc1. The van der Waals surface area contributed by atoms with Gasteiger partial charge >= 0.3 is 0 Å². The van der Waals surface area contributed by atoms with Crippen LogP contribution in [0.25, 0.3) is 0 Å². The van der Waals surface area contributed by atoms with E-state index in [0.717, 1.165) is 24.2 Å². The Morgan fingerprint density at radius 1 is 0.581 bits per heavy atom. The third-order valence-corrected chi connectivity index (χ3v) is 5.29. The molecule has 0 bridgehead atoms. The van der Waals surface area contributed by atoms with E-state index in [1.165, 1.54) is 28.3 Å². The lowest BCUT2D eigenvalue weighted by atomic mass is 10.0. The van der Waals surface area contributed by atoms with Gasteiger partial charge in [0, 0.05) is 11.4 Å². The number of carbonyl (C=O) groups is 1. The van der Waals surface area contributed by atoms with Crippen molar-refractivity contribution in [3.63, 3.8) is 0 Å². The van der Waals surface area contributed by atoms with Gasteiger partial charge in [-0.3, -0.25) is 9.69 Å². The average molecular weight is 404 g/mol. The van der Waals surface area contributed by atoms with Crippen molar-refractivity contribution in [1.29, 1.82) is 0 Å². The van der Waals surface area contributed by atoms with Crippen LogP contribution in [0, 0.1) is 0 Å². The third-order valence-electron chi connectivity index (χ3n) is 5.29. The summed E-state index contributed by atoms with van der Waals surface area (Å²) >= 11 is 0. The van der Waals surface area contributed by atoms with E-state index in [9.17, 15) is 4.79 Å². The fourth-order valence-electron chi connectivity index (χ4n) is 3.68. The molecule has 152 valence electrons. The first-order chi connectivity index (χ1) is 15.2. The quantitative estimate of drug-likeness (QED) is 0.314. The van der Waals surface area contributed by atoms with E-state index >= 15 is 0 Å². The molecule has 0 saturated carbocycles. The molecule has 0 N–H and O–H groups in total. The molecule has 4 aromatic carbocycles. The molecule has 0 heterocycles. The lowest BCUT2D eigenvalue weighted by Gasteiger charge is -2.22. The van der Waals surface area contributed by atoms with Gasteiger partial charge in [0.1, 0.15) is 0 Å². The Hall–Kier alpha value is -3.91. The zero-order valence-electron chi connectivity index (χ0n) is 17.4. The van der Waals surface area contributed by atoms with Crippen LogP contribution in [-0.4, -0.2) is 5.91 Å². The standard InChI is InChI=1S/C29H25NO/c1-2-29(31)30(27-17-13-25(14-18-27)21-23-9-5-3-6-10-23)28-19-15-26(16-20-28)22-24-11-7-4-8-12-24/h2-20H,1,21-22H2. The summed E-state index contributed by atoms with van der Waals surface area (Å²) in [5, 5.41) is 0. The van der Waals surface area contributed by atoms with Crippen molar-refractivity contribution in [2.75, 3.05) is 4.90 Å². The number of amides is 1. The highest BCUT2D eigenvalue weighted by Crippen LogP contribution is 2.27. The average Bonchev–Trinajstić information content (AvgIpc) is 2.82. The van der Waals surface area contributed by atoms with Gasteiger partial charge in [0.2, 0.25) is 0 Å². The van der Waals surface area contributed by atoms with E-state index in [4.69, 9.17) is 0 Å². The van der Waals surface area contributed by atoms with Crippen molar-refractivity contribution in [3.05, 3.63) is 144 Å². The van der Waals surface area contributed by atoms with Crippen LogP contribution in [0.2, 0.25) is 0 Å². The van der Waals surface area contributed by atoms with Gasteiger partial charge in [-0.05, 0) is 65.4 Å². The summed E-state index contributed by atoms with van der Waals surface area (Å²) in [6, 6.07) is 37.1. The first kappa shape index (κ1) is 20.4. The zero-order valence-corrected chi connectivity index (χ0v) is 17.4. The molecule has 2 heteroatoms. The molecule has 0 aliphatic rings. The molecular formula is C29H25NO. The molecule has 0 aliphatic carbocycles. The first-order valence-electron chi connectivity index (χ1n) is 10.5. The van der Waals surface area contributed by atoms with Gasteiger partial charge in [0.25, 0.3) is 5.91 Å². The Labute approximate surface area is 184 Å². The predicted octanol–water partition coefficient (Wildman–Crippen LogP) is 6.72. The Balaban J connectivity index is 1.54. The molecule has 2 nitrogen and oxygen atoms in total. The van der Waals surface area contributed by atoms with Crippen molar-refractivity contribution < 1.29 is 4.79 Å². The van der Waals surface area contributed by atoms with E-state index in [1.54, 1.807) is 4.90 Å². The number of carbonyl (C=O) groups excluding carboxylic acids is 1. The van der Waals surface area contributed by atoms with E-state index in [-0.39, 0.29) is 5.91 Å². The summed E-state index contributed by atoms with van der Waals surface area (Å²) < 4.78 is 0. The summed E-state index contributed by atoms with van der Waals surface area (Å²) in [5.41, 5.74) is 6.61. The maximum Gasteiger partial charge on any atom is 0.254 e. The highest BCUT2D eigenvalue weighted by Gasteiger charge is 2.15. The zero-order chi connectivity index (χ0) is 21.5. The summed E-state index contributed by atoms with van der Waals surface area (Å²) in [4.78, 5) is 14.4. The molecule has 31 heavy (non-hydrogen) atoms. The lowest BCUT2D eigenvalue weighted by molar-refractivity contribution is -0.113. The topological polar surface area (TPSA) is 20.3 Å². The normalized spacial score (nSPS) is 10.5. The van der Waals surface area contributed by atoms with E-state index in [1.807, 2.05) is 36.4 Å². The van der Waals surface area contributed by atoms with Crippen molar-refractivity contribution in [3.8, 4) is 0 Å². The molecular weight excluding hydrogens is 378 g/mol. The van der Waals surface area contributed by atoms with Crippen molar-refractivity contribution in [1.82, 2.24) is 0 Å². The molecule has 0 radical (unpaired) electrons. The van der Waals surface area contributed by atoms with E-state index in [2.05, 4.69) is 79.4 Å². The van der Waals surface area contributed by atoms with Crippen molar-refractivity contribution in [2.45, 2.75) is 12.8 Å². The Morgan fingerprint density at radius 2 is 0.935 bits per heavy atom. The maximum atomic E-state index is 12.7. The molecule has 0 aliphatic heterocycles. The van der Waals surface area contributed by atoms with Gasteiger partial charge in [-0.2, -0.15) is 0 Å². The minimum atomic E-state index is -0.147. The maximum absolute atomic E-state index is 12.7. The number of rotatable bonds is 7. The van der Waals surface area contributed by atoms with Gasteiger partial charge in [-0.15, -0.1) is 0 Å². The molecule has 4 aromatic rings. The van der Waals surface area contributed by atoms with E-state index in [0.29, 0.717) is 0 Å². The van der Waals surface area contributed by atoms with Gasteiger partial charge in [-0.25, -0.2) is 0 Å². The van der Waals surface area contributed by atoms with Crippen LogP contribution in [0.5, 0.6) is 0 Å². The molecule has 0 aromatic heterocycles. The van der Waals surface area contributed by atoms with Crippen LogP contribution < -0.4 is 4.90 Å². The summed E-state index contributed by atoms with van der Waals surface area (Å²) in [6.45, 7) is 3.69. The lowest BCUT2D eigenvalue weighted by Crippen LogP contribution is -2.23. The number of hydrogen-bond donors (Lipinski definition) is 0. The Bertz CT molecular complexity index is 1050. The predicted molar refractivity (Wildman–Crippen MR) is 129 cm³/mol. The summed E-state index contributed by atoms with van der Waals surface area (Å²) in [5.74, 6) is -0.147. The van der Waals surface area contributed by atoms with Gasteiger partial charge in [-0.1, -0.05) is 91.5 Å². The monoisotopic (exact) mass is 403 g/mol. The second kappa shape index (κ2) is 9.73. The second-order valence-electron chi connectivity index (χ2n) is 7.54. The van der Waals surface area contributed by atoms with Crippen molar-refractivity contribution in [2.24, 2.45) is 0 Å². The smallest absolute Gasteiger partial charge is 0.254 e. The van der Waals surface area contributed by atoms with Gasteiger partial charge in [0.05, 0.1) is 0 Å². The van der Waals surface area contributed by atoms with Crippen LogP contribution in [0.3, 0.4) is 0 Å². The van der Waals surface area contributed by atoms with E-state index < -0.39 is 0 Å². The second-order valence-corrected chi connectivity index (χ2v) is 7.54. The molecule has 0 saturated heterocycles. The highest BCUT2D eigenvalue weighted by molar-refractivity contribution is 6.06. The summed E-state index contributed by atoms with van der Waals surface area (Å²) in [7, 11) is 0. The van der Waals surface area contributed by atoms with Crippen LogP contribution in [-0.2, 0) is 17.6 Å². The summed E-state index contributed by atoms with van der Waals surface area (Å²) in [6.07, 6.45) is 3.09. The van der Waals surface area contributed by atoms with Crippen LogP contribution in [0.1, 0.15) is 22.3 Å². The molecule has 0 unspecified atom stereocenters. The Morgan fingerprint density at radius 3 is 1.29 bits per heavy atom. The van der Waals surface area contributed by atoms with Gasteiger partial charge < -0.3 is 0 Å². The number of hydrogen-bond acceptors (Lipinski definition) is 1. The minimum Gasteiger partial charge on any atom is -0.278 e. The van der Waals surface area contributed by atoms with Crippen LogP contribution in [0.4, 0.5) is 11.4 Å². The third kappa shape index (κ3) is 5.18. The minimum absolute atomic E-state index is 0.147. The Kier molecular flexibility index (Phi) is 6.39. The fraction of sp³-hybridized carbons (Fsp3) is 0.0690. The molecule has 4 rings (SSSR count). The number of anilines is 2. The van der Waals surface area contributed by atoms with Crippen LogP contribution >= 0.6 is 0 Å². The van der Waals surface area contributed by atoms with Gasteiger partial charge in [0.15, 0.2) is 0 Å². The number of nitrogens with zero attached hydrogens (tertiary/aromatic N) is 1. The fourth-order valence-corrected chi connectivity index (χ4v) is 3.68.